The van der Waals surface area contributed by atoms with E-state index in [-0.39, 0.29) is 12.5 Å². The first-order valence-corrected chi connectivity index (χ1v) is 9.35. The molecule has 0 spiro atoms. The number of halogens is 1. The molecule has 0 aliphatic carbocycles. The average molecular weight is 421 g/mol. The summed E-state index contributed by atoms with van der Waals surface area (Å²) in [6.07, 6.45) is 0.916. The molecule has 1 N–H and O–H groups in total. The highest BCUT2D eigenvalue weighted by atomic mass is 79.9. The second kappa shape index (κ2) is 10.2. The van der Waals surface area contributed by atoms with Crippen molar-refractivity contribution >= 4 is 27.5 Å². The van der Waals surface area contributed by atoms with E-state index in [9.17, 15) is 4.79 Å². The van der Waals surface area contributed by atoms with Crippen molar-refractivity contribution in [2.24, 2.45) is 0 Å². The second-order valence-electron chi connectivity index (χ2n) is 6.02. The van der Waals surface area contributed by atoms with Crippen LogP contribution in [-0.4, -0.2) is 38.1 Å². The maximum absolute atomic E-state index is 12.4. The summed E-state index contributed by atoms with van der Waals surface area (Å²) in [6.45, 7) is 3.53. The summed E-state index contributed by atoms with van der Waals surface area (Å²) >= 11 is 3.47. The number of rotatable bonds is 9. The number of likely N-dealkylation sites (N-methyl/N-ethyl adjacent to an activating group) is 1. The van der Waals surface area contributed by atoms with E-state index in [1.807, 2.05) is 61.3 Å². The molecular weight excluding hydrogens is 396 g/mol. The van der Waals surface area contributed by atoms with Crippen LogP contribution in [0.3, 0.4) is 0 Å². The molecule has 0 aromatic heterocycles. The highest BCUT2D eigenvalue weighted by Crippen LogP contribution is 2.25. The Morgan fingerprint density at radius 3 is 2.69 bits per heavy atom. The molecule has 1 amide bonds. The Balaban J connectivity index is 1.97. The maximum Gasteiger partial charge on any atom is 0.238 e. The third-order valence-electron chi connectivity index (χ3n) is 3.72. The second-order valence-corrected chi connectivity index (χ2v) is 6.94. The van der Waals surface area contributed by atoms with E-state index in [0.717, 1.165) is 22.2 Å². The summed E-state index contributed by atoms with van der Waals surface area (Å²) in [5.74, 6) is 1.41. The number of hydrogen-bond acceptors (Lipinski definition) is 4. The zero-order chi connectivity index (χ0) is 18.9. The minimum absolute atomic E-state index is 0.0889. The summed E-state index contributed by atoms with van der Waals surface area (Å²) in [6, 6.07) is 13.3. The molecule has 5 nitrogen and oxygen atoms in total. The number of carbonyl (C=O) groups is 1. The third kappa shape index (κ3) is 6.04. The van der Waals surface area contributed by atoms with Crippen LogP contribution in [0.4, 0.5) is 5.69 Å². The van der Waals surface area contributed by atoms with E-state index < -0.39 is 0 Å². The normalized spacial score (nSPS) is 10.7. The van der Waals surface area contributed by atoms with Crippen LogP contribution >= 0.6 is 15.9 Å². The number of nitrogens with zero attached hydrogens (tertiary/aromatic N) is 1. The number of para-hydroxylation sites is 2. The van der Waals surface area contributed by atoms with Crippen LogP contribution in [0, 0.1) is 0 Å². The van der Waals surface area contributed by atoms with Crippen LogP contribution in [0.5, 0.6) is 11.5 Å². The Morgan fingerprint density at radius 1 is 1.19 bits per heavy atom. The average Bonchev–Trinajstić information content (AvgIpc) is 2.61. The van der Waals surface area contributed by atoms with Gasteiger partial charge in [0.1, 0.15) is 11.5 Å². The molecule has 0 radical (unpaired) electrons. The fourth-order valence-electron chi connectivity index (χ4n) is 2.56. The van der Waals surface area contributed by atoms with Gasteiger partial charge < -0.3 is 14.8 Å². The quantitative estimate of drug-likeness (QED) is 0.656. The Bertz CT molecular complexity index is 737. The fourth-order valence-corrected chi connectivity index (χ4v) is 2.97. The van der Waals surface area contributed by atoms with Crippen LogP contribution < -0.4 is 14.8 Å². The molecule has 6 heteroatoms. The summed E-state index contributed by atoms with van der Waals surface area (Å²) in [7, 11) is 3.55. The highest BCUT2D eigenvalue weighted by molar-refractivity contribution is 9.10. The molecule has 2 aromatic carbocycles. The number of ether oxygens (including phenoxy) is 2. The Labute approximate surface area is 163 Å². The van der Waals surface area contributed by atoms with E-state index in [0.29, 0.717) is 24.6 Å². The number of benzene rings is 2. The molecule has 0 heterocycles. The van der Waals surface area contributed by atoms with Crippen molar-refractivity contribution in [1.29, 1.82) is 0 Å². The first-order chi connectivity index (χ1) is 12.5. The predicted octanol–water partition coefficient (Wildman–Crippen LogP) is 4.32. The smallest absolute Gasteiger partial charge is 0.238 e. The molecular formula is C20H25BrN2O3. The van der Waals surface area contributed by atoms with Gasteiger partial charge in [-0.05, 0) is 43.8 Å². The van der Waals surface area contributed by atoms with Gasteiger partial charge in [0.2, 0.25) is 5.91 Å². The molecule has 2 rings (SSSR count). The number of anilines is 1. The molecule has 0 unspecified atom stereocenters. The molecule has 0 atom stereocenters. The summed E-state index contributed by atoms with van der Waals surface area (Å²) in [4.78, 5) is 14.4. The van der Waals surface area contributed by atoms with Crippen molar-refractivity contribution < 1.29 is 14.3 Å². The highest BCUT2D eigenvalue weighted by Gasteiger charge is 2.12. The largest absolute Gasteiger partial charge is 0.496 e. The molecule has 140 valence electrons. The van der Waals surface area contributed by atoms with Crippen molar-refractivity contribution in [3.63, 3.8) is 0 Å². The minimum Gasteiger partial charge on any atom is -0.496 e. The van der Waals surface area contributed by atoms with Gasteiger partial charge in [-0.1, -0.05) is 35.0 Å². The van der Waals surface area contributed by atoms with E-state index in [4.69, 9.17) is 9.47 Å². The topological polar surface area (TPSA) is 50.8 Å². The fraction of sp³-hybridized carbons (Fsp3) is 0.350. The molecule has 0 aliphatic rings. The Kier molecular flexibility index (Phi) is 7.94. The third-order valence-corrected chi connectivity index (χ3v) is 4.21. The zero-order valence-electron chi connectivity index (χ0n) is 15.4. The van der Waals surface area contributed by atoms with Gasteiger partial charge in [-0.25, -0.2) is 0 Å². The van der Waals surface area contributed by atoms with Gasteiger partial charge in [0.25, 0.3) is 0 Å². The van der Waals surface area contributed by atoms with Gasteiger partial charge in [0, 0.05) is 16.6 Å². The first-order valence-electron chi connectivity index (χ1n) is 8.56. The van der Waals surface area contributed by atoms with Crippen LogP contribution in [0.1, 0.15) is 18.9 Å². The first kappa shape index (κ1) is 20.3. The number of nitrogens with one attached hydrogen (secondary N) is 1. The molecule has 0 saturated heterocycles. The van der Waals surface area contributed by atoms with E-state index >= 15 is 0 Å². The summed E-state index contributed by atoms with van der Waals surface area (Å²) in [5.41, 5.74) is 1.71. The zero-order valence-corrected chi connectivity index (χ0v) is 17.0. The van der Waals surface area contributed by atoms with Crippen molar-refractivity contribution in [3.05, 3.63) is 52.5 Å². The van der Waals surface area contributed by atoms with Gasteiger partial charge in [-0.3, -0.25) is 9.69 Å². The van der Waals surface area contributed by atoms with E-state index in [1.165, 1.54) is 0 Å². The molecule has 0 bridgehead atoms. The standard InChI is InChI=1S/C20H25BrN2O3/c1-4-11-26-19-8-6-5-7-17(19)22-20(24)14-23(2)13-15-12-16(21)9-10-18(15)25-3/h5-10,12H,4,11,13-14H2,1-3H3,(H,22,24). The minimum atomic E-state index is -0.0889. The van der Waals surface area contributed by atoms with Gasteiger partial charge in [-0.15, -0.1) is 0 Å². The SMILES string of the molecule is CCCOc1ccccc1NC(=O)CN(C)Cc1cc(Br)ccc1OC. The maximum atomic E-state index is 12.4. The lowest BCUT2D eigenvalue weighted by atomic mass is 10.2. The van der Waals surface area contributed by atoms with Crippen molar-refractivity contribution in [1.82, 2.24) is 4.90 Å². The van der Waals surface area contributed by atoms with Gasteiger partial charge in [-0.2, -0.15) is 0 Å². The van der Waals surface area contributed by atoms with Crippen molar-refractivity contribution in [3.8, 4) is 11.5 Å². The molecule has 2 aromatic rings. The van der Waals surface area contributed by atoms with Crippen LogP contribution in [0.2, 0.25) is 0 Å². The van der Waals surface area contributed by atoms with Crippen LogP contribution in [0.25, 0.3) is 0 Å². The Morgan fingerprint density at radius 2 is 1.96 bits per heavy atom. The number of amides is 1. The predicted molar refractivity (Wildman–Crippen MR) is 108 cm³/mol. The number of carbonyl (C=O) groups excluding carboxylic acids is 1. The number of methoxy groups -OCH3 is 1. The van der Waals surface area contributed by atoms with Crippen LogP contribution in [0.15, 0.2) is 46.9 Å². The summed E-state index contributed by atoms with van der Waals surface area (Å²) < 4.78 is 12.1. The molecule has 0 aliphatic heterocycles. The van der Waals surface area contributed by atoms with E-state index in [1.54, 1.807) is 7.11 Å². The Hall–Kier alpha value is -2.05. The lowest BCUT2D eigenvalue weighted by molar-refractivity contribution is -0.117. The molecule has 26 heavy (non-hydrogen) atoms. The van der Waals surface area contributed by atoms with Crippen molar-refractivity contribution in [2.45, 2.75) is 19.9 Å². The van der Waals surface area contributed by atoms with Gasteiger partial charge in [0.15, 0.2) is 0 Å². The van der Waals surface area contributed by atoms with Gasteiger partial charge in [0.05, 0.1) is 25.9 Å². The number of hydrogen-bond donors (Lipinski definition) is 1. The van der Waals surface area contributed by atoms with E-state index in [2.05, 4.69) is 21.2 Å². The van der Waals surface area contributed by atoms with Gasteiger partial charge >= 0.3 is 0 Å². The van der Waals surface area contributed by atoms with Crippen molar-refractivity contribution in [2.75, 3.05) is 32.6 Å². The summed E-state index contributed by atoms with van der Waals surface area (Å²) in [5, 5.41) is 2.93. The lowest BCUT2D eigenvalue weighted by Gasteiger charge is -2.19. The van der Waals surface area contributed by atoms with Crippen LogP contribution in [-0.2, 0) is 11.3 Å². The monoisotopic (exact) mass is 420 g/mol. The molecule has 0 saturated carbocycles. The lowest BCUT2D eigenvalue weighted by Crippen LogP contribution is -2.30. The molecule has 0 fully saturated rings.